The standard InChI is InChI=1S/C11H9Br2NO3/c1-17-5-2-3-7(12)6(4-5)8-9(13)11(16)14-10(8)15/h2-4,8-9H,1H3,(H,14,15,16). The van der Waals surface area contributed by atoms with Crippen LogP contribution in [-0.2, 0) is 9.59 Å². The molecule has 0 aliphatic carbocycles. The van der Waals surface area contributed by atoms with Crippen LogP contribution in [0.4, 0.5) is 0 Å². The number of hydrogen-bond donors (Lipinski definition) is 1. The molecule has 1 saturated heterocycles. The molecule has 1 aromatic carbocycles. The molecule has 2 unspecified atom stereocenters. The van der Waals surface area contributed by atoms with Gasteiger partial charge in [0.1, 0.15) is 10.6 Å². The van der Waals surface area contributed by atoms with Crippen LogP contribution in [0, 0.1) is 0 Å². The van der Waals surface area contributed by atoms with E-state index >= 15 is 0 Å². The highest BCUT2D eigenvalue weighted by Gasteiger charge is 2.41. The Balaban J connectivity index is 2.46. The third kappa shape index (κ3) is 2.24. The number of ether oxygens (including phenoxy) is 1. The summed E-state index contributed by atoms with van der Waals surface area (Å²) in [7, 11) is 1.55. The number of amides is 2. The number of alkyl halides is 1. The fourth-order valence-corrected chi connectivity index (χ4v) is 2.87. The van der Waals surface area contributed by atoms with Crippen molar-refractivity contribution in [1.82, 2.24) is 5.32 Å². The lowest BCUT2D eigenvalue weighted by molar-refractivity contribution is -0.125. The van der Waals surface area contributed by atoms with Gasteiger partial charge in [-0.1, -0.05) is 31.9 Å². The molecule has 1 aliphatic rings. The molecule has 0 radical (unpaired) electrons. The Labute approximate surface area is 115 Å². The fourth-order valence-electron chi connectivity index (χ4n) is 1.74. The largest absolute Gasteiger partial charge is 0.497 e. The predicted octanol–water partition coefficient (Wildman–Crippen LogP) is 1.96. The summed E-state index contributed by atoms with van der Waals surface area (Å²) in [5, 5.41) is 2.29. The summed E-state index contributed by atoms with van der Waals surface area (Å²) in [5.74, 6) is -0.498. The van der Waals surface area contributed by atoms with Crippen molar-refractivity contribution in [3.05, 3.63) is 28.2 Å². The number of imide groups is 1. The molecule has 1 aromatic rings. The highest BCUT2D eigenvalue weighted by atomic mass is 79.9. The summed E-state index contributed by atoms with van der Waals surface area (Å²) in [4.78, 5) is 22.6. The summed E-state index contributed by atoms with van der Waals surface area (Å²) >= 11 is 6.61. The second-order valence-corrected chi connectivity index (χ2v) is 5.46. The molecule has 0 aromatic heterocycles. The lowest BCUT2D eigenvalue weighted by Crippen LogP contribution is -2.22. The van der Waals surface area contributed by atoms with Gasteiger partial charge < -0.3 is 4.74 Å². The van der Waals surface area contributed by atoms with E-state index < -0.39 is 10.7 Å². The normalized spacial score (nSPS) is 23.7. The van der Waals surface area contributed by atoms with Crippen LogP contribution in [0.25, 0.3) is 0 Å². The maximum absolute atomic E-state index is 11.7. The fraction of sp³-hybridized carbons (Fsp3) is 0.273. The number of benzene rings is 1. The Morgan fingerprint density at radius 3 is 2.53 bits per heavy atom. The monoisotopic (exact) mass is 361 g/mol. The number of methoxy groups -OCH3 is 1. The topological polar surface area (TPSA) is 55.4 Å². The molecule has 2 atom stereocenters. The van der Waals surface area contributed by atoms with Crippen LogP contribution in [-0.4, -0.2) is 23.8 Å². The number of carbonyl (C=O) groups is 2. The molecule has 1 aliphatic heterocycles. The molecule has 2 rings (SSSR count). The van der Waals surface area contributed by atoms with E-state index in [0.29, 0.717) is 5.75 Å². The molecular weight excluding hydrogens is 354 g/mol. The van der Waals surface area contributed by atoms with E-state index in [4.69, 9.17) is 4.74 Å². The van der Waals surface area contributed by atoms with E-state index in [0.717, 1.165) is 10.0 Å². The van der Waals surface area contributed by atoms with Crippen LogP contribution in [0.15, 0.2) is 22.7 Å². The molecule has 1 fully saturated rings. The number of halogens is 2. The highest BCUT2D eigenvalue weighted by Crippen LogP contribution is 2.36. The zero-order valence-electron chi connectivity index (χ0n) is 8.87. The Morgan fingerprint density at radius 1 is 1.29 bits per heavy atom. The van der Waals surface area contributed by atoms with E-state index in [9.17, 15) is 9.59 Å². The van der Waals surface area contributed by atoms with Gasteiger partial charge in [0.2, 0.25) is 11.8 Å². The molecule has 1 heterocycles. The summed E-state index contributed by atoms with van der Waals surface area (Å²) in [5.41, 5.74) is 0.731. The van der Waals surface area contributed by atoms with Crippen molar-refractivity contribution in [2.75, 3.05) is 7.11 Å². The maximum atomic E-state index is 11.7. The van der Waals surface area contributed by atoms with Gasteiger partial charge >= 0.3 is 0 Å². The molecule has 2 amide bonds. The molecular formula is C11H9Br2NO3. The minimum Gasteiger partial charge on any atom is -0.497 e. The zero-order valence-corrected chi connectivity index (χ0v) is 12.0. The van der Waals surface area contributed by atoms with Crippen molar-refractivity contribution < 1.29 is 14.3 Å². The van der Waals surface area contributed by atoms with Gasteiger partial charge in [-0.25, -0.2) is 0 Å². The third-order valence-electron chi connectivity index (χ3n) is 2.61. The van der Waals surface area contributed by atoms with Crippen LogP contribution in [0.3, 0.4) is 0 Å². The Morgan fingerprint density at radius 2 is 2.00 bits per heavy atom. The van der Waals surface area contributed by atoms with E-state index in [1.165, 1.54) is 0 Å². The van der Waals surface area contributed by atoms with Gasteiger partial charge in [-0.05, 0) is 23.8 Å². The SMILES string of the molecule is COc1ccc(Br)c(C2C(=O)NC(=O)C2Br)c1. The number of carbonyl (C=O) groups excluding carboxylic acids is 2. The highest BCUT2D eigenvalue weighted by molar-refractivity contribution is 9.10. The first kappa shape index (κ1) is 12.6. The molecule has 4 nitrogen and oxygen atoms in total. The van der Waals surface area contributed by atoms with Gasteiger partial charge in [0, 0.05) is 4.47 Å². The molecule has 6 heteroatoms. The Kier molecular flexibility index (Phi) is 3.53. The first-order valence-electron chi connectivity index (χ1n) is 4.87. The lowest BCUT2D eigenvalue weighted by Gasteiger charge is -2.13. The quantitative estimate of drug-likeness (QED) is 0.646. The van der Waals surface area contributed by atoms with Crippen LogP contribution in [0.5, 0.6) is 5.75 Å². The summed E-state index contributed by atoms with van der Waals surface area (Å²) < 4.78 is 5.89. The van der Waals surface area contributed by atoms with E-state index in [1.807, 2.05) is 0 Å². The van der Waals surface area contributed by atoms with Crippen molar-refractivity contribution in [1.29, 1.82) is 0 Å². The van der Waals surface area contributed by atoms with Crippen LogP contribution in [0.1, 0.15) is 11.5 Å². The smallest absolute Gasteiger partial charge is 0.241 e. The van der Waals surface area contributed by atoms with Crippen molar-refractivity contribution >= 4 is 43.7 Å². The molecule has 90 valence electrons. The van der Waals surface area contributed by atoms with Crippen molar-refractivity contribution in [2.45, 2.75) is 10.7 Å². The Bertz CT molecular complexity index is 490. The number of nitrogens with one attached hydrogen (secondary N) is 1. The van der Waals surface area contributed by atoms with Gasteiger partial charge in [-0.2, -0.15) is 0 Å². The molecule has 0 bridgehead atoms. The molecule has 0 saturated carbocycles. The first-order chi connectivity index (χ1) is 8.04. The predicted molar refractivity (Wildman–Crippen MR) is 69.3 cm³/mol. The molecule has 1 N–H and O–H groups in total. The lowest BCUT2D eigenvalue weighted by atomic mass is 9.97. The van der Waals surface area contributed by atoms with E-state index in [1.54, 1.807) is 25.3 Å². The third-order valence-corrected chi connectivity index (χ3v) is 4.28. The number of rotatable bonds is 2. The van der Waals surface area contributed by atoms with Crippen molar-refractivity contribution in [3.8, 4) is 5.75 Å². The maximum Gasteiger partial charge on any atom is 0.241 e. The van der Waals surface area contributed by atoms with Crippen LogP contribution >= 0.6 is 31.9 Å². The summed E-state index contributed by atoms with van der Waals surface area (Å²) in [6, 6.07) is 5.33. The average molecular weight is 363 g/mol. The van der Waals surface area contributed by atoms with Gasteiger partial charge in [-0.3, -0.25) is 14.9 Å². The zero-order chi connectivity index (χ0) is 12.6. The minimum atomic E-state index is -0.543. The second kappa shape index (κ2) is 4.78. The number of hydrogen-bond acceptors (Lipinski definition) is 3. The summed E-state index contributed by atoms with van der Waals surface area (Å²) in [6.45, 7) is 0. The minimum absolute atomic E-state index is 0.300. The second-order valence-electron chi connectivity index (χ2n) is 3.62. The van der Waals surface area contributed by atoms with Crippen molar-refractivity contribution in [2.24, 2.45) is 0 Å². The average Bonchev–Trinajstić information content (AvgIpc) is 2.55. The first-order valence-corrected chi connectivity index (χ1v) is 6.57. The molecule has 0 spiro atoms. The van der Waals surface area contributed by atoms with Gasteiger partial charge in [0.25, 0.3) is 0 Å². The van der Waals surface area contributed by atoms with E-state index in [2.05, 4.69) is 37.2 Å². The molecule has 17 heavy (non-hydrogen) atoms. The van der Waals surface area contributed by atoms with Crippen LogP contribution < -0.4 is 10.1 Å². The Hall–Kier alpha value is -0.880. The van der Waals surface area contributed by atoms with E-state index in [-0.39, 0.29) is 11.8 Å². The van der Waals surface area contributed by atoms with Gasteiger partial charge in [0.15, 0.2) is 0 Å². The van der Waals surface area contributed by atoms with Gasteiger partial charge in [-0.15, -0.1) is 0 Å². The summed E-state index contributed by atoms with van der Waals surface area (Å²) in [6.07, 6.45) is 0. The van der Waals surface area contributed by atoms with Crippen molar-refractivity contribution in [3.63, 3.8) is 0 Å². The van der Waals surface area contributed by atoms with Gasteiger partial charge in [0.05, 0.1) is 13.0 Å². The van der Waals surface area contributed by atoms with Crippen LogP contribution in [0.2, 0.25) is 0 Å².